The first-order chi connectivity index (χ1) is 9.74. The van der Waals surface area contributed by atoms with Crippen molar-refractivity contribution in [3.05, 3.63) is 29.8 Å². The molecule has 1 aliphatic heterocycles. The molecule has 1 aromatic rings. The molecule has 1 N–H and O–H groups in total. The molecule has 2 aliphatic rings. The van der Waals surface area contributed by atoms with Crippen molar-refractivity contribution in [1.29, 1.82) is 0 Å². The van der Waals surface area contributed by atoms with Crippen molar-refractivity contribution in [2.24, 2.45) is 0 Å². The molecule has 0 aromatic heterocycles. The smallest absolute Gasteiger partial charge is 0.224 e. The van der Waals surface area contributed by atoms with E-state index in [4.69, 9.17) is 4.74 Å². The highest BCUT2D eigenvalue weighted by atomic mass is 16.5. The van der Waals surface area contributed by atoms with Crippen LogP contribution in [0.2, 0.25) is 0 Å². The number of rotatable bonds is 5. The summed E-state index contributed by atoms with van der Waals surface area (Å²) in [5.74, 6) is 1.11. The number of nitrogens with zero attached hydrogens (tertiary/aromatic N) is 1. The number of carbonyl (C=O) groups is 1. The second-order valence-corrected chi connectivity index (χ2v) is 5.82. The number of hydrogen-bond donors (Lipinski definition) is 1. The molecule has 2 fully saturated rings. The lowest BCUT2D eigenvalue weighted by atomic mass is 9.92. The Hall–Kier alpha value is -1.55. The average molecular weight is 274 g/mol. The highest BCUT2D eigenvalue weighted by molar-refractivity contribution is 5.79. The largest absolute Gasteiger partial charge is 0.497 e. The van der Waals surface area contributed by atoms with E-state index >= 15 is 0 Å². The number of likely N-dealkylation sites (tertiary alicyclic amines) is 1. The minimum Gasteiger partial charge on any atom is -0.497 e. The van der Waals surface area contributed by atoms with Gasteiger partial charge in [0, 0.05) is 31.6 Å². The fourth-order valence-electron chi connectivity index (χ4n) is 2.90. The first-order valence-electron chi connectivity index (χ1n) is 7.41. The molecule has 0 bridgehead atoms. The summed E-state index contributed by atoms with van der Waals surface area (Å²) in [6, 6.07) is 8.93. The molecule has 1 saturated heterocycles. The maximum Gasteiger partial charge on any atom is 0.224 e. The van der Waals surface area contributed by atoms with E-state index in [-0.39, 0.29) is 5.91 Å². The molecular weight excluding hydrogens is 252 g/mol. The van der Waals surface area contributed by atoms with Crippen LogP contribution < -0.4 is 10.1 Å². The van der Waals surface area contributed by atoms with Gasteiger partial charge >= 0.3 is 0 Å². The maximum atomic E-state index is 12.1. The maximum absolute atomic E-state index is 12.1. The summed E-state index contributed by atoms with van der Waals surface area (Å²) >= 11 is 0. The van der Waals surface area contributed by atoms with Crippen molar-refractivity contribution in [2.75, 3.05) is 13.7 Å². The molecule has 4 nitrogen and oxygen atoms in total. The molecule has 108 valence electrons. The third-order valence-corrected chi connectivity index (χ3v) is 4.32. The van der Waals surface area contributed by atoms with E-state index in [0.717, 1.165) is 17.9 Å². The average Bonchev–Trinajstić information content (AvgIpc) is 2.75. The molecule has 0 radical (unpaired) electrons. The van der Waals surface area contributed by atoms with E-state index < -0.39 is 0 Å². The number of methoxy groups -OCH3 is 1. The van der Waals surface area contributed by atoms with Crippen molar-refractivity contribution in [3.63, 3.8) is 0 Å². The number of amides is 1. The third kappa shape index (κ3) is 2.96. The molecule has 1 aliphatic carbocycles. The van der Waals surface area contributed by atoms with Gasteiger partial charge in [0.15, 0.2) is 0 Å². The van der Waals surface area contributed by atoms with E-state index in [9.17, 15) is 4.79 Å². The second-order valence-electron chi connectivity index (χ2n) is 5.82. The summed E-state index contributed by atoms with van der Waals surface area (Å²) in [5.41, 5.74) is 1.16. The standard InChI is InChI=1S/C16H22N2O2/c1-20-15-7-5-12(6-8-15)10-18-11-14(9-16(18)19)17-13-3-2-4-13/h5-8,13-14,17H,2-4,9-11H2,1H3. The van der Waals surface area contributed by atoms with Gasteiger partial charge in [-0.1, -0.05) is 18.6 Å². The zero-order valence-corrected chi connectivity index (χ0v) is 12.0. The molecule has 1 heterocycles. The van der Waals surface area contributed by atoms with Gasteiger partial charge in [0.2, 0.25) is 5.91 Å². The van der Waals surface area contributed by atoms with Gasteiger partial charge in [0.1, 0.15) is 5.75 Å². The summed E-state index contributed by atoms with van der Waals surface area (Å²) < 4.78 is 5.15. The number of hydrogen-bond acceptors (Lipinski definition) is 3. The van der Waals surface area contributed by atoms with Crippen molar-refractivity contribution < 1.29 is 9.53 Å². The van der Waals surface area contributed by atoms with E-state index in [1.54, 1.807) is 7.11 Å². The van der Waals surface area contributed by atoms with Gasteiger partial charge in [0.05, 0.1) is 7.11 Å². The van der Waals surface area contributed by atoms with E-state index in [0.29, 0.717) is 25.0 Å². The summed E-state index contributed by atoms with van der Waals surface area (Å²) in [7, 11) is 1.66. The Morgan fingerprint density at radius 3 is 2.60 bits per heavy atom. The SMILES string of the molecule is COc1ccc(CN2CC(NC3CCC3)CC2=O)cc1. The van der Waals surface area contributed by atoms with Crippen LogP contribution in [0.25, 0.3) is 0 Å². The summed E-state index contributed by atoms with van der Waals surface area (Å²) in [6.07, 6.45) is 4.51. The van der Waals surface area contributed by atoms with Crippen LogP contribution >= 0.6 is 0 Å². The Morgan fingerprint density at radius 2 is 2.00 bits per heavy atom. The fourth-order valence-corrected chi connectivity index (χ4v) is 2.90. The molecule has 20 heavy (non-hydrogen) atoms. The quantitative estimate of drug-likeness (QED) is 0.892. The number of benzene rings is 1. The topological polar surface area (TPSA) is 41.6 Å². The zero-order valence-electron chi connectivity index (χ0n) is 12.0. The minimum atomic E-state index is 0.262. The normalized spacial score (nSPS) is 22.9. The van der Waals surface area contributed by atoms with Crippen LogP contribution in [0.1, 0.15) is 31.2 Å². The van der Waals surface area contributed by atoms with Gasteiger partial charge in [-0.2, -0.15) is 0 Å². The van der Waals surface area contributed by atoms with Crippen LogP contribution in [0.5, 0.6) is 5.75 Å². The van der Waals surface area contributed by atoms with Gasteiger partial charge in [-0.3, -0.25) is 4.79 Å². The van der Waals surface area contributed by atoms with Crippen LogP contribution in [0.3, 0.4) is 0 Å². The second kappa shape index (κ2) is 5.83. The summed E-state index contributed by atoms with van der Waals surface area (Å²) in [6.45, 7) is 1.53. The zero-order chi connectivity index (χ0) is 13.9. The summed E-state index contributed by atoms with van der Waals surface area (Å²) in [5, 5.41) is 3.60. The predicted octanol–water partition coefficient (Wildman–Crippen LogP) is 1.94. The Kier molecular flexibility index (Phi) is 3.92. The van der Waals surface area contributed by atoms with Crippen LogP contribution in [0.15, 0.2) is 24.3 Å². The van der Waals surface area contributed by atoms with Gasteiger partial charge in [-0.25, -0.2) is 0 Å². The van der Waals surface area contributed by atoms with Crippen LogP contribution in [0, 0.1) is 0 Å². The lowest BCUT2D eigenvalue weighted by molar-refractivity contribution is -0.128. The highest BCUT2D eigenvalue weighted by Gasteiger charge is 2.31. The molecule has 1 atom stereocenters. The van der Waals surface area contributed by atoms with E-state index in [2.05, 4.69) is 5.32 Å². The Bertz CT molecular complexity index is 468. The highest BCUT2D eigenvalue weighted by Crippen LogP contribution is 2.22. The van der Waals surface area contributed by atoms with Gasteiger partial charge in [-0.15, -0.1) is 0 Å². The molecule has 4 heteroatoms. The molecule has 1 saturated carbocycles. The molecular formula is C16H22N2O2. The van der Waals surface area contributed by atoms with Crippen molar-refractivity contribution >= 4 is 5.91 Å². The molecule has 0 spiro atoms. The lowest BCUT2D eigenvalue weighted by Gasteiger charge is -2.29. The Morgan fingerprint density at radius 1 is 1.25 bits per heavy atom. The molecule has 1 amide bonds. The molecule has 1 aromatic carbocycles. The van der Waals surface area contributed by atoms with E-state index in [1.165, 1.54) is 19.3 Å². The minimum absolute atomic E-state index is 0.262. The van der Waals surface area contributed by atoms with Crippen molar-refractivity contribution in [3.8, 4) is 5.75 Å². The van der Waals surface area contributed by atoms with E-state index in [1.807, 2.05) is 29.2 Å². The Balaban J connectivity index is 1.55. The van der Waals surface area contributed by atoms with Crippen LogP contribution in [0.4, 0.5) is 0 Å². The van der Waals surface area contributed by atoms with Crippen molar-refractivity contribution in [1.82, 2.24) is 10.2 Å². The van der Waals surface area contributed by atoms with Crippen LogP contribution in [-0.4, -0.2) is 36.5 Å². The molecule has 1 unspecified atom stereocenters. The number of ether oxygens (including phenoxy) is 1. The fraction of sp³-hybridized carbons (Fsp3) is 0.562. The van der Waals surface area contributed by atoms with Crippen LogP contribution in [-0.2, 0) is 11.3 Å². The van der Waals surface area contributed by atoms with Gasteiger partial charge in [-0.05, 0) is 30.5 Å². The Labute approximate surface area is 120 Å². The summed E-state index contributed by atoms with van der Waals surface area (Å²) in [4.78, 5) is 14.0. The van der Waals surface area contributed by atoms with Crippen molar-refractivity contribution in [2.45, 2.75) is 44.3 Å². The number of carbonyl (C=O) groups excluding carboxylic acids is 1. The predicted molar refractivity (Wildman–Crippen MR) is 77.6 cm³/mol. The third-order valence-electron chi connectivity index (χ3n) is 4.32. The van der Waals surface area contributed by atoms with Gasteiger partial charge in [0.25, 0.3) is 0 Å². The number of nitrogens with one attached hydrogen (secondary N) is 1. The first kappa shape index (κ1) is 13.4. The molecule has 3 rings (SSSR count). The lowest BCUT2D eigenvalue weighted by Crippen LogP contribution is -2.43. The van der Waals surface area contributed by atoms with Gasteiger partial charge < -0.3 is 15.0 Å². The monoisotopic (exact) mass is 274 g/mol. The first-order valence-corrected chi connectivity index (χ1v) is 7.41.